The molecule has 0 saturated carbocycles. The van der Waals surface area contributed by atoms with Crippen molar-refractivity contribution in [1.29, 1.82) is 0 Å². The number of fused-ring (bicyclic) bond motifs is 1. The second kappa shape index (κ2) is 15.7. The highest BCUT2D eigenvalue weighted by Gasteiger charge is 2.20. The third-order valence-corrected chi connectivity index (χ3v) is 6.78. The van der Waals surface area contributed by atoms with Crippen LogP contribution in [0, 0.1) is 0 Å². The van der Waals surface area contributed by atoms with Crippen molar-refractivity contribution in [3.63, 3.8) is 0 Å². The zero-order chi connectivity index (χ0) is 27.2. The predicted molar refractivity (Wildman–Crippen MR) is 155 cm³/mol. The van der Waals surface area contributed by atoms with E-state index < -0.39 is 5.91 Å². The van der Waals surface area contributed by atoms with E-state index >= 15 is 0 Å². The van der Waals surface area contributed by atoms with Crippen molar-refractivity contribution in [1.82, 2.24) is 4.90 Å². The number of hydrogen-bond acceptors (Lipinski definition) is 4. The third kappa shape index (κ3) is 8.79. The summed E-state index contributed by atoms with van der Waals surface area (Å²) in [7, 11) is 1.55. The number of hydrogen-bond donors (Lipinski definition) is 2. The highest BCUT2D eigenvalue weighted by Crippen LogP contribution is 2.29. The molecule has 0 radical (unpaired) electrons. The third-order valence-electron chi connectivity index (χ3n) is 6.78. The van der Waals surface area contributed by atoms with Crippen molar-refractivity contribution < 1.29 is 19.4 Å². The van der Waals surface area contributed by atoms with Crippen LogP contribution in [-0.2, 0) is 4.79 Å². The van der Waals surface area contributed by atoms with Gasteiger partial charge in [-0.25, -0.2) is 0 Å². The fourth-order valence-corrected chi connectivity index (χ4v) is 4.58. The first-order valence-electron chi connectivity index (χ1n) is 14.0. The Kier molecular flexibility index (Phi) is 12.0. The summed E-state index contributed by atoms with van der Waals surface area (Å²) in [6.45, 7) is 2.69. The Labute approximate surface area is 227 Å². The van der Waals surface area contributed by atoms with Crippen LogP contribution in [0.3, 0.4) is 0 Å². The van der Waals surface area contributed by atoms with Crippen molar-refractivity contribution in [2.24, 2.45) is 0 Å². The largest absolute Gasteiger partial charge is 0.506 e. The number of nitrogens with zero attached hydrogens (tertiary/aromatic N) is 1. The minimum atomic E-state index is -0.422. The van der Waals surface area contributed by atoms with Gasteiger partial charge in [-0.2, -0.15) is 0 Å². The normalized spacial score (nSPS) is 10.9. The molecule has 38 heavy (non-hydrogen) atoms. The quantitative estimate of drug-likeness (QED) is 0.192. The van der Waals surface area contributed by atoms with Crippen molar-refractivity contribution in [2.45, 2.75) is 71.1 Å². The molecule has 2 N–H and O–H groups in total. The number of nitrogens with one attached hydrogen (secondary N) is 1. The highest BCUT2D eigenvalue weighted by atomic mass is 16.5. The van der Waals surface area contributed by atoms with Gasteiger partial charge in [-0.1, -0.05) is 107 Å². The molecule has 0 aromatic heterocycles. The number of aromatic hydroxyl groups is 1. The zero-order valence-electron chi connectivity index (χ0n) is 22.9. The summed E-state index contributed by atoms with van der Waals surface area (Å²) < 4.78 is 5.96. The zero-order valence-corrected chi connectivity index (χ0v) is 22.9. The van der Waals surface area contributed by atoms with E-state index in [1.165, 1.54) is 56.3 Å². The Bertz CT molecular complexity index is 1180. The summed E-state index contributed by atoms with van der Waals surface area (Å²) in [5, 5.41) is 14.9. The van der Waals surface area contributed by atoms with E-state index in [1.54, 1.807) is 31.3 Å². The molecule has 3 aromatic rings. The number of phenolic OH excluding ortho intramolecular Hbond substituents is 1. The lowest BCUT2D eigenvalue weighted by Crippen LogP contribution is -2.35. The molecular formula is C32H42N2O4. The second-order valence-electron chi connectivity index (χ2n) is 9.92. The van der Waals surface area contributed by atoms with Crippen LogP contribution in [0.2, 0.25) is 0 Å². The van der Waals surface area contributed by atoms with E-state index in [1.807, 2.05) is 36.4 Å². The summed E-state index contributed by atoms with van der Waals surface area (Å²) in [6.07, 6.45) is 12.6. The molecule has 6 heteroatoms. The number of rotatable bonds is 16. The Balaban J connectivity index is 1.43. The summed E-state index contributed by atoms with van der Waals surface area (Å²) in [4.78, 5) is 27.0. The topological polar surface area (TPSA) is 78.9 Å². The molecule has 0 bridgehead atoms. The van der Waals surface area contributed by atoms with E-state index in [4.69, 9.17) is 4.74 Å². The van der Waals surface area contributed by atoms with Crippen LogP contribution in [0.15, 0.2) is 60.7 Å². The van der Waals surface area contributed by atoms with Gasteiger partial charge in [0.1, 0.15) is 11.5 Å². The summed E-state index contributed by atoms with van der Waals surface area (Å²) >= 11 is 0. The first-order chi connectivity index (χ1) is 18.5. The van der Waals surface area contributed by atoms with Crippen molar-refractivity contribution in [3.8, 4) is 11.5 Å². The van der Waals surface area contributed by atoms with E-state index in [0.29, 0.717) is 23.4 Å². The fourth-order valence-electron chi connectivity index (χ4n) is 4.58. The molecule has 3 rings (SSSR count). The highest BCUT2D eigenvalue weighted by molar-refractivity contribution is 6.05. The maximum atomic E-state index is 13.0. The molecule has 0 aliphatic rings. The molecule has 2 amide bonds. The first kappa shape index (κ1) is 29.0. The predicted octanol–water partition coefficient (Wildman–Crippen LogP) is 7.56. The van der Waals surface area contributed by atoms with Crippen LogP contribution in [0.1, 0.15) is 81.5 Å². The van der Waals surface area contributed by atoms with Gasteiger partial charge in [0.05, 0.1) is 24.4 Å². The number of anilines is 1. The van der Waals surface area contributed by atoms with Gasteiger partial charge in [0.25, 0.3) is 5.91 Å². The van der Waals surface area contributed by atoms with Crippen LogP contribution in [0.25, 0.3) is 10.8 Å². The minimum Gasteiger partial charge on any atom is -0.506 e. The Hall–Kier alpha value is -3.54. The number of phenols is 1. The van der Waals surface area contributed by atoms with E-state index in [2.05, 4.69) is 12.2 Å². The number of benzene rings is 3. The standard InChI is InChI=1S/C32H42N2O4/c1-3-4-5-6-7-8-9-10-11-16-23-38-29-20-15-14-19-28(29)33-30(35)24-34(2)32(37)27-22-21-25-17-12-13-18-26(25)31(27)36/h12-15,17-22,36H,3-11,16,23-24H2,1-2H3,(H,33,35). The van der Waals surface area contributed by atoms with Crippen LogP contribution >= 0.6 is 0 Å². The van der Waals surface area contributed by atoms with Gasteiger partial charge < -0.3 is 20.1 Å². The van der Waals surface area contributed by atoms with Gasteiger partial charge in [-0.3, -0.25) is 9.59 Å². The van der Waals surface area contributed by atoms with Crippen LogP contribution < -0.4 is 10.1 Å². The lowest BCUT2D eigenvalue weighted by Gasteiger charge is -2.19. The molecule has 3 aromatic carbocycles. The first-order valence-corrected chi connectivity index (χ1v) is 14.0. The monoisotopic (exact) mass is 518 g/mol. The number of carbonyl (C=O) groups is 2. The molecule has 6 nitrogen and oxygen atoms in total. The van der Waals surface area contributed by atoms with E-state index in [9.17, 15) is 14.7 Å². The van der Waals surface area contributed by atoms with E-state index in [-0.39, 0.29) is 23.8 Å². The van der Waals surface area contributed by atoms with Crippen LogP contribution in [0.5, 0.6) is 11.5 Å². The number of carbonyl (C=O) groups excluding carboxylic acids is 2. The average Bonchev–Trinajstić information content (AvgIpc) is 2.92. The van der Waals surface area contributed by atoms with Gasteiger partial charge in [-0.15, -0.1) is 0 Å². The molecule has 0 aliphatic heterocycles. The van der Waals surface area contributed by atoms with E-state index in [0.717, 1.165) is 18.2 Å². The minimum absolute atomic E-state index is 0.0777. The SMILES string of the molecule is CCCCCCCCCCCCOc1ccccc1NC(=O)CN(C)C(=O)c1ccc2ccccc2c1O. The maximum absolute atomic E-state index is 13.0. The second-order valence-corrected chi connectivity index (χ2v) is 9.92. The average molecular weight is 519 g/mol. The smallest absolute Gasteiger partial charge is 0.257 e. The number of likely N-dealkylation sites (N-methyl/N-ethyl adjacent to an activating group) is 1. The molecule has 204 valence electrons. The van der Waals surface area contributed by atoms with Crippen molar-refractivity contribution in [2.75, 3.05) is 25.5 Å². The number of ether oxygens (including phenoxy) is 1. The molecule has 0 spiro atoms. The van der Waals surface area contributed by atoms with Gasteiger partial charge in [0.15, 0.2) is 0 Å². The van der Waals surface area contributed by atoms with Crippen molar-refractivity contribution >= 4 is 28.3 Å². The molecule has 0 unspecified atom stereocenters. The summed E-state index contributed by atoms with van der Waals surface area (Å²) in [5.74, 6) is -0.214. The fraction of sp³-hybridized carbons (Fsp3) is 0.438. The Morgan fingerprint density at radius 1 is 0.816 bits per heavy atom. The van der Waals surface area contributed by atoms with Crippen molar-refractivity contribution in [3.05, 3.63) is 66.2 Å². The molecule has 0 heterocycles. The number of amides is 2. The molecular weight excluding hydrogens is 476 g/mol. The Morgan fingerprint density at radius 2 is 1.45 bits per heavy atom. The van der Waals surface area contributed by atoms with Crippen LogP contribution in [-0.4, -0.2) is 42.0 Å². The summed E-state index contributed by atoms with van der Waals surface area (Å²) in [5.41, 5.74) is 0.748. The van der Waals surface area contributed by atoms with Gasteiger partial charge in [0, 0.05) is 12.4 Å². The lowest BCUT2D eigenvalue weighted by atomic mass is 10.0. The van der Waals surface area contributed by atoms with Gasteiger partial charge in [-0.05, 0) is 30.0 Å². The number of unbranched alkanes of at least 4 members (excludes halogenated alkanes) is 9. The molecule has 0 saturated heterocycles. The van der Waals surface area contributed by atoms with Gasteiger partial charge in [0.2, 0.25) is 5.91 Å². The molecule has 0 aliphatic carbocycles. The number of para-hydroxylation sites is 2. The summed E-state index contributed by atoms with van der Waals surface area (Å²) in [6, 6.07) is 18.0. The van der Waals surface area contributed by atoms with Gasteiger partial charge >= 0.3 is 0 Å². The molecule has 0 fully saturated rings. The molecule has 0 atom stereocenters. The van der Waals surface area contributed by atoms with Crippen LogP contribution in [0.4, 0.5) is 5.69 Å². The lowest BCUT2D eigenvalue weighted by molar-refractivity contribution is -0.116. The Morgan fingerprint density at radius 3 is 2.18 bits per heavy atom. The maximum Gasteiger partial charge on any atom is 0.257 e.